The number of benzene rings is 1. The van der Waals surface area contributed by atoms with Crippen LogP contribution in [-0.2, 0) is 0 Å². The van der Waals surface area contributed by atoms with Gasteiger partial charge in [0.1, 0.15) is 11.5 Å². The minimum absolute atomic E-state index is 0.0998. The van der Waals surface area contributed by atoms with Gasteiger partial charge in [-0.25, -0.2) is 0 Å². The monoisotopic (exact) mass is 248 g/mol. The number of hydrogen-bond donors (Lipinski definition) is 1. The third-order valence-corrected chi connectivity index (χ3v) is 2.55. The Balaban J connectivity index is 2.93. The van der Waals surface area contributed by atoms with Gasteiger partial charge in [0.05, 0.1) is 24.7 Å². The molecule has 0 saturated carbocycles. The number of amides is 1. The molecule has 0 spiro atoms. The summed E-state index contributed by atoms with van der Waals surface area (Å²) < 4.78 is 5.01. The third-order valence-electron chi connectivity index (χ3n) is 2.55. The van der Waals surface area contributed by atoms with Crippen molar-refractivity contribution >= 4 is 5.91 Å². The van der Waals surface area contributed by atoms with E-state index in [9.17, 15) is 9.90 Å². The van der Waals surface area contributed by atoms with Gasteiger partial charge in [0, 0.05) is 13.6 Å². The van der Waals surface area contributed by atoms with Crippen LogP contribution in [0.15, 0.2) is 18.2 Å². The number of carbonyl (C=O) groups excluding carboxylic acids is 1. The van der Waals surface area contributed by atoms with Crippen molar-refractivity contribution in [3.05, 3.63) is 23.8 Å². The summed E-state index contributed by atoms with van der Waals surface area (Å²) in [5.41, 5.74) is 0.169. The van der Waals surface area contributed by atoms with Crippen molar-refractivity contribution in [3.8, 4) is 17.6 Å². The molecular weight excluding hydrogens is 232 g/mol. The zero-order chi connectivity index (χ0) is 13.7. The highest BCUT2D eigenvalue weighted by Gasteiger charge is 2.18. The molecule has 0 heterocycles. The first-order valence-electron chi connectivity index (χ1n) is 5.51. The lowest BCUT2D eigenvalue weighted by Gasteiger charge is -2.19. The van der Waals surface area contributed by atoms with E-state index in [1.54, 1.807) is 20.0 Å². The summed E-state index contributed by atoms with van der Waals surface area (Å²) in [5, 5.41) is 18.4. The highest BCUT2D eigenvalue weighted by atomic mass is 16.5. The van der Waals surface area contributed by atoms with Gasteiger partial charge in [-0.3, -0.25) is 4.79 Å². The van der Waals surface area contributed by atoms with Crippen molar-refractivity contribution in [2.45, 2.75) is 6.92 Å². The van der Waals surface area contributed by atoms with E-state index in [0.29, 0.717) is 12.3 Å². The van der Waals surface area contributed by atoms with Crippen molar-refractivity contribution in [1.29, 1.82) is 5.26 Å². The number of nitrogens with zero attached hydrogens (tertiary/aromatic N) is 2. The standard InChI is InChI=1S/C13H16N2O3/c1-9(7-14)8-15(2)13(17)11-6-10(18-3)4-5-12(11)16/h4-6,9,16H,8H2,1-3H3. The Kier molecular flexibility index (Phi) is 4.55. The molecule has 0 bridgehead atoms. The molecule has 1 atom stereocenters. The largest absolute Gasteiger partial charge is 0.507 e. The molecule has 5 heteroatoms. The Morgan fingerprint density at radius 3 is 2.83 bits per heavy atom. The third kappa shape index (κ3) is 3.14. The number of ether oxygens (including phenoxy) is 1. The first-order chi connectivity index (χ1) is 8.49. The van der Waals surface area contributed by atoms with Crippen LogP contribution in [0.1, 0.15) is 17.3 Å². The molecule has 0 aliphatic heterocycles. The van der Waals surface area contributed by atoms with E-state index in [1.165, 1.54) is 24.1 Å². The molecule has 0 radical (unpaired) electrons. The van der Waals surface area contributed by atoms with Crippen LogP contribution in [0.4, 0.5) is 0 Å². The van der Waals surface area contributed by atoms with Crippen molar-refractivity contribution in [1.82, 2.24) is 4.90 Å². The van der Waals surface area contributed by atoms with E-state index in [0.717, 1.165) is 0 Å². The fourth-order valence-electron chi connectivity index (χ4n) is 1.55. The second kappa shape index (κ2) is 5.92. The van der Waals surface area contributed by atoms with Crippen molar-refractivity contribution < 1.29 is 14.6 Å². The van der Waals surface area contributed by atoms with Crippen LogP contribution in [0.3, 0.4) is 0 Å². The molecule has 1 unspecified atom stereocenters. The van der Waals surface area contributed by atoms with Gasteiger partial charge in [-0.05, 0) is 25.1 Å². The van der Waals surface area contributed by atoms with Crippen LogP contribution >= 0.6 is 0 Å². The van der Waals surface area contributed by atoms with Gasteiger partial charge in [0.2, 0.25) is 0 Å². The molecule has 1 N–H and O–H groups in total. The van der Waals surface area contributed by atoms with Crippen molar-refractivity contribution in [2.24, 2.45) is 5.92 Å². The zero-order valence-electron chi connectivity index (χ0n) is 10.7. The highest BCUT2D eigenvalue weighted by Crippen LogP contribution is 2.24. The number of aromatic hydroxyl groups is 1. The summed E-state index contributed by atoms with van der Waals surface area (Å²) in [6.07, 6.45) is 0. The van der Waals surface area contributed by atoms with Gasteiger partial charge >= 0.3 is 0 Å². The molecule has 1 rings (SSSR count). The molecule has 0 saturated heterocycles. The second-order valence-corrected chi connectivity index (χ2v) is 4.10. The lowest BCUT2D eigenvalue weighted by atomic mass is 10.1. The summed E-state index contributed by atoms with van der Waals surface area (Å²) in [4.78, 5) is 13.5. The number of nitriles is 1. The number of carbonyl (C=O) groups is 1. The topological polar surface area (TPSA) is 73.6 Å². The normalized spacial score (nSPS) is 11.4. The van der Waals surface area contributed by atoms with E-state index in [1.807, 2.05) is 0 Å². The molecule has 1 amide bonds. The maximum Gasteiger partial charge on any atom is 0.257 e. The molecule has 1 aromatic rings. The van der Waals surface area contributed by atoms with Crippen molar-refractivity contribution in [2.75, 3.05) is 20.7 Å². The molecule has 0 aromatic heterocycles. The molecule has 0 fully saturated rings. The Hall–Kier alpha value is -2.22. The average molecular weight is 248 g/mol. The number of phenolic OH excluding ortho intramolecular Hbond substituents is 1. The predicted molar refractivity (Wildman–Crippen MR) is 66.4 cm³/mol. The van der Waals surface area contributed by atoms with E-state index in [-0.39, 0.29) is 23.1 Å². The van der Waals surface area contributed by atoms with Crippen molar-refractivity contribution in [3.63, 3.8) is 0 Å². The lowest BCUT2D eigenvalue weighted by molar-refractivity contribution is 0.0781. The smallest absolute Gasteiger partial charge is 0.257 e. The lowest BCUT2D eigenvalue weighted by Crippen LogP contribution is -2.30. The maximum absolute atomic E-state index is 12.1. The van der Waals surface area contributed by atoms with E-state index in [2.05, 4.69) is 6.07 Å². The van der Waals surface area contributed by atoms with E-state index in [4.69, 9.17) is 10.00 Å². The van der Waals surface area contributed by atoms with Crippen LogP contribution in [-0.4, -0.2) is 36.6 Å². The maximum atomic E-state index is 12.1. The predicted octanol–water partition coefficient (Wildman–Crippen LogP) is 1.63. The summed E-state index contributed by atoms with van der Waals surface area (Å²) in [6.45, 7) is 2.04. The Labute approximate surface area is 106 Å². The highest BCUT2D eigenvalue weighted by molar-refractivity contribution is 5.97. The van der Waals surface area contributed by atoms with Gasteiger partial charge in [0.25, 0.3) is 5.91 Å². The van der Waals surface area contributed by atoms with Crippen LogP contribution in [0.5, 0.6) is 11.5 Å². The minimum Gasteiger partial charge on any atom is -0.507 e. The Bertz CT molecular complexity index is 480. The molecule has 5 nitrogen and oxygen atoms in total. The summed E-state index contributed by atoms with van der Waals surface area (Å²) in [5.74, 6) is -0.199. The quantitative estimate of drug-likeness (QED) is 0.878. The molecular formula is C13H16N2O3. The first-order valence-corrected chi connectivity index (χ1v) is 5.51. The summed E-state index contributed by atoms with van der Waals surface area (Å²) in [7, 11) is 3.08. The molecule has 0 aliphatic carbocycles. The number of hydrogen-bond acceptors (Lipinski definition) is 4. The van der Waals surface area contributed by atoms with Gasteiger partial charge in [-0.15, -0.1) is 0 Å². The molecule has 96 valence electrons. The van der Waals surface area contributed by atoms with Crippen LogP contribution < -0.4 is 4.74 Å². The van der Waals surface area contributed by atoms with Crippen LogP contribution in [0.25, 0.3) is 0 Å². The molecule has 1 aromatic carbocycles. The zero-order valence-corrected chi connectivity index (χ0v) is 10.7. The number of methoxy groups -OCH3 is 1. The molecule has 18 heavy (non-hydrogen) atoms. The summed E-state index contributed by atoms with van der Waals surface area (Å²) in [6, 6.07) is 6.52. The van der Waals surface area contributed by atoms with Gasteiger partial charge in [-0.2, -0.15) is 5.26 Å². The fraction of sp³-hybridized carbons (Fsp3) is 0.385. The van der Waals surface area contributed by atoms with E-state index < -0.39 is 0 Å². The van der Waals surface area contributed by atoms with E-state index >= 15 is 0 Å². The van der Waals surface area contributed by atoms with Crippen LogP contribution in [0.2, 0.25) is 0 Å². The van der Waals surface area contributed by atoms with Gasteiger partial charge in [0.15, 0.2) is 0 Å². The SMILES string of the molecule is COc1ccc(O)c(C(=O)N(C)CC(C)C#N)c1. The minimum atomic E-state index is -0.339. The fourth-order valence-corrected chi connectivity index (χ4v) is 1.55. The van der Waals surface area contributed by atoms with Crippen LogP contribution in [0, 0.1) is 17.2 Å². The first kappa shape index (κ1) is 13.8. The summed E-state index contributed by atoms with van der Waals surface area (Å²) >= 11 is 0. The Morgan fingerprint density at radius 1 is 1.61 bits per heavy atom. The van der Waals surface area contributed by atoms with Gasteiger partial charge < -0.3 is 14.7 Å². The average Bonchev–Trinajstić information content (AvgIpc) is 2.38. The second-order valence-electron chi connectivity index (χ2n) is 4.10. The number of phenols is 1. The number of rotatable bonds is 4. The molecule has 0 aliphatic rings. The van der Waals surface area contributed by atoms with Gasteiger partial charge in [-0.1, -0.05) is 0 Å². The Morgan fingerprint density at radius 2 is 2.28 bits per heavy atom.